The maximum Gasteiger partial charge on any atom is -0.000743 e. The zero-order valence-corrected chi connectivity index (χ0v) is 8.61. The molecular formula is CH3I3. The van der Waals surface area contributed by atoms with Gasteiger partial charge in [0.15, 0.2) is 0 Å². The van der Waals surface area contributed by atoms with Crippen molar-refractivity contribution in [3.8, 4) is 0 Å². The van der Waals surface area contributed by atoms with Crippen LogP contribution in [-0.2, 0) is 0 Å². The molecular weight excluding hydrogens is 393 g/mol. The molecule has 0 saturated heterocycles. The first-order valence-corrected chi connectivity index (χ1v) is 15.4. The Kier molecular flexibility index (Phi) is 8.03. The molecule has 0 rings (SSSR count). The summed E-state index contributed by atoms with van der Waals surface area (Å²) in [5, 5.41) is 0. The largest absolute Gasteiger partial charge is 0.0789 e. The molecule has 0 amide bonds. The number of alkyl halides is 1. The van der Waals surface area contributed by atoms with Crippen LogP contribution < -0.4 is 0 Å². The minimum Gasteiger partial charge on any atom is -0.0789 e. The molecule has 0 spiro atoms. The van der Waals surface area contributed by atoms with Gasteiger partial charge in [-0.1, -0.05) is 16.6 Å². The van der Waals surface area contributed by atoms with E-state index in [0.29, 0.717) is 29.2 Å². The van der Waals surface area contributed by atoms with Gasteiger partial charge in [0, 0.05) is 0 Å². The van der Waals surface area contributed by atoms with Crippen molar-refractivity contribution in [3.63, 3.8) is 0 Å². The van der Waals surface area contributed by atoms with E-state index in [1.807, 2.05) is 0 Å². The van der Waals surface area contributed by atoms with Crippen LogP contribution >= 0.6 is 47.8 Å². The SMILES string of the molecule is CI=II. The molecule has 0 aliphatic carbocycles. The average Bonchev–Trinajstić information content (AvgIpc) is 1.37. The second kappa shape index (κ2) is 5.19. The van der Waals surface area contributed by atoms with Gasteiger partial charge in [-0.15, -0.1) is 0 Å². The van der Waals surface area contributed by atoms with Crippen LogP contribution in [0, 0.1) is 0 Å². The van der Waals surface area contributed by atoms with Gasteiger partial charge in [0.2, 0.25) is 0 Å². The fourth-order valence-corrected chi connectivity index (χ4v) is 0. The van der Waals surface area contributed by atoms with Crippen LogP contribution in [0.15, 0.2) is 0 Å². The van der Waals surface area contributed by atoms with E-state index >= 15 is 0 Å². The average molecular weight is 396 g/mol. The van der Waals surface area contributed by atoms with Gasteiger partial charge in [-0.25, -0.2) is 0 Å². The van der Waals surface area contributed by atoms with Crippen molar-refractivity contribution in [1.82, 2.24) is 0 Å². The summed E-state index contributed by atoms with van der Waals surface area (Å²) in [6.07, 6.45) is 0. The predicted molar refractivity (Wildman–Crippen MR) is 48.0 cm³/mol. The van der Waals surface area contributed by atoms with Gasteiger partial charge in [-0.3, -0.25) is 0 Å². The van der Waals surface area contributed by atoms with Gasteiger partial charge in [0.05, 0.1) is 0 Å². The van der Waals surface area contributed by atoms with E-state index in [9.17, 15) is 0 Å². The molecule has 28 valence electrons. The third-order valence-electron chi connectivity index (χ3n) is 0.0540. The van der Waals surface area contributed by atoms with Crippen LogP contribution in [0.3, 0.4) is 0 Å². The molecule has 0 aromatic carbocycles. The van der Waals surface area contributed by atoms with Gasteiger partial charge in [-0.05, 0) is 36.2 Å². The summed E-state index contributed by atoms with van der Waals surface area (Å²) in [6, 6.07) is 0. The second-order valence-corrected chi connectivity index (χ2v) is 22.7. The Morgan fingerprint density at radius 3 is 2.00 bits per heavy atom. The molecule has 0 fully saturated rings. The van der Waals surface area contributed by atoms with Crippen molar-refractivity contribution in [2.75, 3.05) is 4.93 Å². The van der Waals surface area contributed by atoms with Crippen LogP contribution in [-0.4, -0.2) is 4.93 Å². The fraction of sp³-hybridized carbons (Fsp3) is 1.00. The molecule has 0 aliphatic rings. The van der Waals surface area contributed by atoms with E-state index in [4.69, 9.17) is 0 Å². The Labute approximate surface area is 51.6 Å². The van der Waals surface area contributed by atoms with E-state index in [-0.39, 0.29) is 0 Å². The first-order chi connectivity index (χ1) is 1.91. The molecule has 0 nitrogen and oxygen atoms in total. The second-order valence-electron chi connectivity index (χ2n) is 0.197. The standard InChI is InChI=1S/CH3I3/c1-3-4-2/h1H3. The van der Waals surface area contributed by atoms with Gasteiger partial charge >= 0.3 is 0 Å². The Hall–Kier alpha value is 2.19. The number of rotatable bonds is 0. The summed E-state index contributed by atoms with van der Waals surface area (Å²) in [7, 11) is 0. The normalized spacial score (nSPS) is 13.5. The maximum atomic E-state index is 2.51. The third kappa shape index (κ3) is 4.19. The maximum absolute atomic E-state index is 2.51. The Morgan fingerprint density at radius 1 is 1.75 bits per heavy atom. The molecule has 4 heavy (non-hydrogen) atoms. The highest BCUT2D eigenvalue weighted by Crippen LogP contribution is 2.20. The number of hydrogen-bond donors (Lipinski definition) is 0. The quantitative estimate of drug-likeness (QED) is 0.437. The Balaban J connectivity index is 2.55. The summed E-state index contributed by atoms with van der Waals surface area (Å²) in [5.41, 5.74) is 0. The summed E-state index contributed by atoms with van der Waals surface area (Å²) in [6.45, 7) is 0. The van der Waals surface area contributed by atoms with Crippen LogP contribution in [0.2, 0.25) is 0 Å². The topological polar surface area (TPSA) is 0 Å². The van der Waals surface area contributed by atoms with Crippen molar-refractivity contribution in [1.29, 1.82) is 0 Å². The summed E-state index contributed by atoms with van der Waals surface area (Å²) in [4.78, 5) is 2.33. The van der Waals surface area contributed by atoms with E-state index in [1.54, 1.807) is 0 Å². The third-order valence-corrected chi connectivity index (χ3v) is 16.3. The minimum absolute atomic E-state index is 0.691. The Morgan fingerprint density at radius 2 is 2.00 bits per heavy atom. The van der Waals surface area contributed by atoms with Crippen LogP contribution in [0.1, 0.15) is 0 Å². The molecule has 0 aromatic rings. The van der Waals surface area contributed by atoms with Crippen LogP contribution in [0.25, 0.3) is 0 Å². The van der Waals surface area contributed by atoms with Gasteiger partial charge in [0.1, 0.15) is 0 Å². The van der Waals surface area contributed by atoms with Gasteiger partial charge in [-0.2, -0.15) is 0 Å². The molecule has 0 radical (unpaired) electrons. The number of hydrogen-bond acceptors (Lipinski definition) is 0. The predicted octanol–water partition coefficient (Wildman–Crippen LogP) is 2.82. The fourth-order valence-electron chi connectivity index (χ4n) is 0. The van der Waals surface area contributed by atoms with Crippen molar-refractivity contribution in [2.24, 2.45) is 0 Å². The van der Waals surface area contributed by atoms with Crippen molar-refractivity contribution < 1.29 is 0 Å². The highest BCUT2D eigenvalue weighted by molar-refractivity contribution is 15.3. The van der Waals surface area contributed by atoms with Gasteiger partial charge < -0.3 is 0 Å². The Bertz CT molecular complexity index is 18.5. The van der Waals surface area contributed by atoms with E-state index < -0.39 is 0 Å². The van der Waals surface area contributed by atoms with Crippen molar-refractivity contribution >= 4 is 47.8 Å². The van der Waals surface area contributed by atoms with Gasteiger partial charge in [0.25, 0.3) is 0 Å². The molecule has 0 heterocycles. The molecule has 0 aliphatic heterocycles. The first kappa shape index (κ1) is 6.19. The lowest BCUT2D eigenvalue weighted by Gasteiger charge is -1.45. The molecule has 0 unspecified atom stereocenters. The lowest BCUT2D eigenvalue weighted by molar-refractivity contribution is 2.66. The number of halogens is 3. The molecule has 0 atom stereocenters. The smallest absolute Gasteiger partial charge is 0.000743 e. The monoisotopic (exact) mass is 396 g/mol. The van der Waals surface area contributed by atoms with Crippen LogP contribution in [0.4, 0.5) is 0 Å². The molecule has 0 saturated carbocycles. The first-order valence-electron chi connectivity index (χ1n) is 0.664. The molecule has 0 N–H and O–H groups in total. The lowest BCUT2D eigenvalue weighted by Crippen LogP contribution is -0.916. The highest BCUT2D eigenvalue weighted by Gasteiger charge is 1.38. The van der Waals surface area contributed by atoms with E-state index in [0.717, 1.165) is 0 Å². The highest BCUT2D eigenvalue weighted by atomic mass is 128. The zero-order chi connectivity index (χ0) is 3.41. The molecule has 0 aromatic heterocycles. The lowest BCUT2D eigenvalue weighted by atomic mass is 12.0. The zero-order valence-electron chi connectivity index (χ0n) is 2.13. The van der Waals surface area contributed by atoms with Crippen molar-refractivity contribution in [3.05, 3.63) is 0 Å². The molecule has 0 bridgehead atoms. The molecule has 3 heteroatoms. The summed E-state index contributed by atoms with van der Waals surface area (Å²) < 4.78 is 0. The van der Waals surface area contributed by atoms with E-state index in [2.05, 4.69) is 23.5 Å². The van der Waals surface area contributed by atoms with E-state index in [1.165, 1.54) is 0 Å². The van der Waals surface area contributed by atoms with Crippen molar-refractivity contribution in [2.45, 2.75) is 0 Å². The summed E-state index contributed by atoms with van der Waals surface area (Å²) >= 11 is 3.91. The summed E-state index contributed by atoms with van der Waals surface area (Å²) in [5.74, 6) is 0. The van der Waals surface area contributed by atoms with Crippen LogP contribution in [0.5, 0.6) is 0 Å². The minimum atomic E-state index is 0.691.